The van der Waals surface area contributed by atoms with E-state index < -0.39 is 9.84 Å². The Morgan fingerprint density at radius 1 is 0.875 bits per heavy atom. The quantitative estimate of drug-likeness (QED) is 0.416. The lowest BCUT2D eigenvalue weighted by Gasteiger charge is -2.34. The molecule has 0 unspecified atom stereocenters. The molecular weight excluding hydrogens is 428 g/mol. The van der Waals surface area contributed by atoms with E-state index in [0.29, 0.717) is 18.9 Å². The SMILES string of the molecule is CC(C)N(CCOc1ccc(S(C)(=O)=O)cc1)C(=O)N(CCCN(C)C)CCCN(C)C. The fourth-order valence-electron chi connectivity index (χ4n) is 3.26. The molecule has 0 aromatic heterocycles. The summed E-state index contributed by atoms with van der Waals surface area (Å²) in [5.41, 5.74) is 0. The highest BCUT2D eigenvalue weighted by atomic mass is 32.2. The van der Waals surface area contributed by atoms with E-state index >= 15 is 0 Å². The van der Waals surface area contributed by atoms with E-state index in [1.165, 1.54) is 18.4 Å². The molecule has 184 valence electrons. The van der Waals surface area contributed by atoms with Crippen molar-refractivity contribution >= 4 is 15.9 Å². The maximum atomic E-state index is 13.3. The third kappa shape index (κ3) is 10.7. The lowest BCUT2D eigenvalue weighted by molar-refractivity contribution is 0.126. The monoisotopic (exact) mass is 470 g/mol. The van der Waals surface area contributed by atoms with Gasteiger partial charge in [0.05, 0.1) is 11.4 Å². The molecule has 0 heterocycles. The van der Waals surface area contributed by atoms with Crippen molar-refractivity contribution in [3.05, 3.63) is 24.3 Å². The van der Waals surface area contributed by atoms with Crippen LogP contribution in [0.1, 0.15) is 26.7 Å². The van der Waals surface area contributed by atoms with Crippen LogP contribution in [-0.4, -0.2) is 114 Å². The Morgan fingerprint density at radius 2 is 1.38 bits per heavy atom. The van der Waals surface area contributed by atoms with Gasteiger partial charge in [-0.05, 0) is 92.2 Å². The molecule has 8 nitrogen and oxygen atoms in total. The maximum Gasteiger partial charge on any atom is 0.320 e. The van der Waals surface area contributed by atoms with E-state index in [1.54, 1.807) is 12.1 Å². The van der Waals surface area contributed by atoms with Crippen LogP contribution in [-0.2, 0) is 9.84 Å². The Labute approximate surface area is 195 Å². The van der Waals surface area contributed by atoms with Gasteiger partial charge in [-0.25, -0.2) is 13.2 Å². The molecule has 0 aliphatic rings. The summed E-state index contributed by atoms with van der Waals surface area (Å²) >= 11 is 0. The zero-order valence-electron chi connectivity index (χ0n) is 20.9. The van der Waals surface area contributed by atoms with Crippen LogP contribution in [0.4, 0.5) is 4.79 Å². The number of rotatable bonds is 14. The zero-order valence-corrected chi connectivity index (χ0v) is 21.7. The Hall–Kier alpha value is -1.84. The number of hydrogen-bond acceptors (Lipinski definition) is 6. The van der Waals surface area contributed by atoms with Crippen molar-refractivity contribution in [1.29, 1.82) is 0 Å². The molecule has 9 heteroatoms. The summed E-state index contributed by atoms with van der Waals surface area (Å²) in [6, 6.07) is 6.44. The number of carbonyl (C=O) groups excluding carboxylic acids is 1. The molecule has 0 aliphatic carbocycles. The first-order valence-electron chi connectivity index (χ1n) is 11.2. The Balaban J connectivity index is 2.73. The highest BCUT2D eigenvalue weighted by Gasteiger charge is 2.23. The molecule has 0 saturated carbocycles. The molecule has 1 rings (SSSR count). The minimum absolute atomic E-state index is 0.0357. The van der Waals surface area contributed by atoms with Crippen LogP contribution in [0.2, 0.25) is 0 Å². The standard InChI is InChI=1S/C23H42N4O4S/c1-20(2)27(18-19-31-21-10-12-22(13-11-21)32(7,29)30)23(28)26(16-8-14-24(3)4)17-9-15-25(5)6/h10-13,20H,8-9,14-19H2,1-7H3. The fraction of sp³-hybridized carbons (Fsp3) is 0.696. The highest BCUT2D eigenvalue weighted by Crippen LogP contribution is 2.16. The van der Waals surface area contributed by atoms with Crippen LogP contribution in [0.15, 0.2) is 29.2 Å². The average molecular weight is 471 g/mol. The normalized spacial score (nSPS) is 11.9. The van der Waals surface area contributed by atoms with Gasteiger partial charge in [0.15, 0.2) is 9.84 Å². The summed E-state index contributed by atoms with van der Waals surface area (Å²) in [5, 5.41) is 0. The summed E-state index contributed by atoms with van der Waals surface area (Å²) in [6.45, 7) is 8.14. The van der Waals surface area contributed by atoms with Crippen molar-refractivity contribution in [1.82, 2.24) is 19.6 Å². The van der Waals surface area contributed by atoms with E-state index in [0.717, 1.165) is 39.0 Å². The van der Waals surface area contributed by atoms with Gasteiger partial charge in [-0.2, -0.15) is 0 Å². The van der Waals surface area contributed by atoms with Crippen LogP contribution in [0, 0.1) is 0 Å². The van der Waals surface area contributed by atoms with Crippen molar-refractivity contribution in [2.45, 2.75) is 37.6 Å². The van der Waals surface area contributed by atoms with Gasteiger partial charge in [-0.3, -0.25) is 0 Å². The second-order valence-corrected chi connectivity index (χ2v) is 11.0. The van der Waals surface area contributed by atoms with Crippen LogP contribution in [0.25, 0.3) is 0 Å². The molecule has 0 atom stereocenters. The lowest BCUT2D eigenvalue weighted by Crippen LogP contribution is -2.49. The molecule has 0 radical (unpaired) electrons. The van der Waals surface area contributed by atoms with Gasteiger partial charge in [0.2, 0.25) is 0 Å². The molecule has 0 spiro atoms. The van der Waals surface area contributed by atoms with Crippen LogP contribution >= 0.6 is 0 Å². The van der Waals surface area contributed by atoms with Crippen molar-refractivity contribution in [3.8, 4) is 5.75 Å². The highest BCUT2D eigenvalue weighted by molar-refractivity contribution is 7.90. The van der Waals surface area contributed by atoms with Crippen LogP contribution < -0.4 is 4.74 Å². The van der Waals surface area contributed by atoms with Crippen molar-refractivity contribution in [3.63, 3.8) is 0 Å². The molecule has 0 N–H and O–H groups in total. The summed E-state index contributed by atoms with van der Waals surface area (Å²) in [7, 11) is 4.93. The first kappa shape index (κ1) is 28.2. The molecular formula is C23H42N4O4S. The van der Waals surface area contributed by atoms with E-state index in [4.69, 9.17) is 4.74 Å². The third-order valence-corrected chi connectivity index (χ3v) is 6.19. The number of urea groups is 1. The number of hydrogen-bond donors (Lipinski definition) is 0. The van der Waals surface area contributed by atoms with Crippen molar-refractivity contribution in [2.24, 2.45) is 0 Å². The molecule has 0 aliphatic heterocycles. The Morgan fingerprint density at radius 3 is 1.78 bits per heavy atom. The molecule has 32 heavy (non-hydrogen) atoms. The number of benzene rings is 1. The van der Waals surface area contributed by atoms with Gasteiger partial charge in [-0.1, -0.05) is 0 Å². The number of sulfone groups is 1. The van der Waals surface area contributed by atoms with Crippen LogP contribution in [0.5, 0.6) is 5.75 Å². The predicted molar refractivity (Wildman–Crippen MR) is 130 cm³/mol. The second kappa shape index (κ2) is 13.6. The van der Waals surface area contributed by atoms with E-state index in [2.05, 4.69) is 9.80 Å². The van der Waals surface area contributed by atoms with E-state index in [9.17, 15) is 13.2 Å². The maximum absolute atomic E-state index is 13.3. The topological polar surface area (TPSA) is 73.4 Å². The molecule has 1 aromatic carbocycles. The summed E-state index contributed by atoms with van der Waals surface area (Å²) in [4.78, 5) is 21.7. The van der Waals surface area contributed by atoms with Gasteiger partial charge < -0.3 is 24.3 Å². The van der Waals surface area contributed by atoms with E-state index in [1.807, 2.05) is 51.8 Å². The molecule has 0 saturated heterocycles. The van der Waals surface area contributed by atoms with Gasteiger partial charge in [-0.15, -0.1) is 0 Å². The minimum Gasteiger partial charge on any atom is -0.492 e. The summed E-state index contributed by atoms with van der Waals surface area (Å²) < 4.78 is 29.0. The number of carbonyl (C=O) groups is 1. The van der Waals surface area contributed by atoms with Gasteiger partial charge in [0, 0.05) is 25.4 Å². The van der Waals surface area contributed by atoms with Gasteiger partial charge >= 0.3 is 6.03 Å². The number of amides is 2. The third-order valence-electron chi connectivity index (χ3n) is 5.06. The van der Waals surface area contributed by atoms with Crippen molar-refractivity contribution in [2.75, 3.05) is 73.8 Å². The average Bonchev–Trinajstić information content (AvgIpc) is 2.68. The van der Waals surface area contributed by atoms with Crippen molar-refractivity contribution < 1.29 is 17.9 Å². The van der Waals surface area contributed by atoms with Gasteiger partial charge in [0.1, 0.15) is 12.4 Å². The predicted octanol–water partition coefficient (Wildman–Crippen LogP) is 2.50. The summed E-state index contributed by atoms with van der Waals surface area (Å²) in [5.74, 6) is 0.586. The van der Waals surface area contributed by atoms with Crippen LogP contribution in [0.3, 0.4) is 0 Å². The summed E-state index contributed by atoms with van der Waals surface area (Å²) in [6.07, 6.45) is 3.03. The number of ether oxygens (including phenoxy) is 1. The molecule has 0 bridgehead atoms. The fourth-order valence-corrected chi connectivity index (χ4v) is 3.89. The smallest absolute Gasteiger partial charge is 0.320 e. The van der Waals surface area contributed by atoms with Gasteiger partial charge in [0.25, 0.3) is 0 Å². The number of nitrogens with zero attached hydrogens (tertiary/aromatic N) is 4. The minimum atomic E-state index is -3.23. The zero-order chi connectivity index (χ0) is 24.3. The first-order valence-corrected chi connectivity index (χ1v) is 13.1. The largest absolute Gasteiger partial charge is 0.492 e. The Kier molecular flexibility index (Phi) is 12.0. The molecule has 1 aromatic rings. The lowest BCUT2D eigenvalue weighted by atomic mass is 10.3. The molecule has 0 fully saturated rings. The van der Waals surface area contributed by atoms with E-state index in [-0.39, 0.29) is 17.0 Å². The Bertz CT molecular complexity index is 766. The second-order valence-electron chi connectivity index (χ2n) is 8.96. The first-order chi connectivity index (χ1) is 14.9. The molecule has 2 amide bonds.